The molecule has 29 heavy (non-hydrogen) atoms. The highest BCUT2D eigenvalue weighted by molar-refractivity contribution is 6.31. The lowest BCUT2D eigenvalue weighted by molar-refractivity contribution is -0.113. The minimum Gasteiger partial charge on any atom is -0.318 e. The lowest BCUT2D eigenvalue weighted by Gasteiger charge is -2.13. The van der Waals surface area contributed by atoms with Crippen LogP contribution in [0.15, 0.2) is 60.3 Å². The number of urea groups is 1. The normalized spacial score (nSPS) is 15.3. The van der Waals surface area contributed by atoms with E-state index < -0.39 is 6.03 Å². The number of nitrogens with one attached hydrogen (secondary N) is 1. The topological polar surface area (TPSA) is 54.3 Å². The standard InChI is InChI=1S/C23H20ClN3O2/c1-14-12-17(16(3)26(14)21-11-7-10-19(24)15(21)2)13-20-22(28)27(23(29)25-20)18-8-5-4-6-9-18/h4-13H,1-3H3,(H,25,29)/b20-13+. The molecule has 0 aliphatic carbocycles. The monoisotopic (exact) mass is 405 g/mol. The number of aromatic nitrogens is 1. The van der Waals surface area contributed by atoms with Crippen LogP contribution in [0.3, 0.4) is 0 Å². The molecule has 4 rings (SSSR count). The second kappa shape index (κ2) is 7.26. The first-order chi connectivity index (χ1) is 13.9. The summed E-state index contributed by atoms with van der Waals surface area (Å²) >= 11 is 6.30. The van der Waals surface area contributed by atoms with Crippen molar-refractivity contribution < 1.29 is 9.59 Å². The van der Waals surface area contributed by atoms with Gasteiger partial charge in [-0.3, -0.25) is 4.79 Å². The smallest absolute Gasteiger partial charge is 0.318 e. The Hall–Kier alpha value is -3.31. The Balaban J connectivity index is 1.74. The average molecular weight is 406 g/mol. The van der Waals surface area contributed by atoms with Gasteiger partial charge in [0.15, 0.2) is 0 Å². The summed E-state index contributed by atoms with van der Waals surface area (Å²) in [5.74, 6) is -0.370. The van der Waals surface area contributed by atoms with Crippen molar-refractivity contribution in [1.82, 2.24) is 9.88 Å². The van der Waals surface area contributed by atoms with Crippen molar-refractivity contribution in [2.75, 3.05) is 4.90 Å². The number of carbonyl (C=O) groups excluding carboxylic acids is 2. The number of hydrogen-bond acceptors (Lipinski definition) is 2. The number of hydrogen-bond donors (Lipinski definition) is 1. The fourth-order valence-electron chi connectivity index (χ4n) is 3.64. The molecule has 5 nitrogen and oxygen atoms in total. The van der Waals surface area contributed by atoms with Gasteiger partial charge in [-0.15, -0.1) is 0 Å². The fraction of sp³-hybridized carbons (Fsp3) is 0.130. The molecule has 0 spiro atoms. The van der Waals surface area contributed by atoms with Gasteiger partial charge >= 0.3 is 6.03 Å². The number of amides is 3. The molecule has 1 aliphatic rings. The third-order valence-electron chi connectivity index (χ3n) is 5.14. The number of para-hydroxylation sites is 1. The van der Waals surface area contributed by atoms with Crippen LogP contribution < -0.4 is 10.2 Å². The molecule has 0 bridgehead atoms. The molecule has 0 atom stereocenters. The van der Waals surface area contributed by atoms with E-state index in [-0.39, 0.29) is 11.6 Å². The van der Waals surface area contributed by atoms with E-state index in [1.165, 1.54) is 0 Å². The SMILES string of the molecule is Cc1c(Cl)cccc1-n1c(C)cc(/C=C2/NC(=O)N(c3ccccc3)C2=O)c1C. The number of nitrogens with zero attached hydrogens (tertiary/aromatic N) is 2. The average Bonchev–Trinajstić information content (AvgIpc) is 3.13. The molecule has 1 aliphatic heterocycles. The molecular formula is C23H20ClN3O2. The molecule has 1 N–H and O–H groups in total. The molecule has 1 aromatic heterocycles. The number of benzene rings is 2. The van der Waals surface area contributed by atoms with Gasteiger partial charge in [0.2, 0.25) is 0 Å². The largest absolute Gasteiger partial charge is 0.333 e. The molecule has 0 unspecified atom stereocenters. The summed E-state index contributed by atoms with van der Waals surface area (Å²) in [4.78, 5) is 26.4. The van der Waals surface area contributed by atoms with Crippen LogP contribution >= 0.6 is 11.6 Å². The molecule has 2 aromatic carbocycles. The van der Waals surface area contributed by atoms with Crippen LogP contribution in [0.25, 0.3) is 11.8 Å². The molecule has 0 radical (unpaired) electrons. The third kappa shape index (κ3) is 3.23. The van der Waals surface area contributed by atoms with Crippen molar-refractivity contribution in [3.8, 4) is 5.69 Å². The number of rotatable bonds is 3. The predicted molar refractivity (Wildman–Crippen MR) is 115 cm³/mol. The van der Waals surface area contributed by atoms with Crippen molar-refractivity contribution in [2.24, 2.45) is 0 Å². The Kier molecular flexibility index (Phi) is 4.76. The van der Waals surface area contributed by atoms with E-state index in [1.54, 1.807) is 30.3 Å². The van der Waals surface area contributed by atoms with E-state index >= 15 is 0 Å². The van der Waals surface area contributed by atoms with E-state index in [1.807, 2.05) is 51.1 Å². The zero-order chi connectivity index (χ0) is 20.7. The van der Waals surface area contributed by atoms with E-state index in [9.17, 15) is 9.59 Å². The Morgan fingerprint density at radius 1 is 0.966 bits per heavy atom. The second-order valence-electron chi connectivity index (χ2n) is 7.01. The van der Waals surface area contributed by atoms with Crippen LogP contribution in [-0.4, -0.2) is 16.5 Å². The van der Waals surface area contributed by atoms with E-state index in [0.29, 0.717) is 10.7 Å². The van der Waals surface area contributed by atoms with Gasteiger partial charge in [0, 0.05) is 22.1 Å². The molecule has 0 saturated carbocycles. The van der Waals surface area contributed by atoms with Crippen LogP contribution in [0.2, 0.25) is 5.02 Å². The van der Waals surface area contributed by atoms with E-state index in [2.05, 4.69) is 9.88 Å². The molecule has 6 heteroatoms. The molecule has 146 valence electrons. The first-order valence-corrected chi connectivity index (χ1v) is 9.63. The highest BCUT2D eigenvalue weighted by atomic mass is 35.5. The van der Waals surface area contributed by atoms with Crippen LogP contribution in [0.5, 0.6) is 0 Å². The Bertz CT molecular complexity index is 1160. The minimum atomic E-state index is -0.452. The highest BCUT2D eigenvalue weighted by Gasteiger charge is 2.35. The second-order valence-corrected chi connectivity index (χ2v) is 7.42. The summed E-state index contributed by atoms with van der Waals surface area (Å²) in [7, 11) is 0. The third-order valence-corrected chi connectivity index (χ3v) is 5.55. The van der Waals surface area contributed by atoms with Gasteiger partial charge in [-0.1, -0.05) is 35.9 Å². The molecule has 1 fully saturated rings. The lowest BCUT2D eigenvalue weighted by atomic mass is 10.2. The van der Waals surface area contributed by atoms with Crippen LogP contribution in [-0.2, 0) is 4.79 Å². The Labute approximate surface area is 174 Å². The summed E-state index contributed by atoms with van der Waals surface area (Å²) in [5, 5.41) is 3.39. The maximum Gasteiger partial charge on any atom is 0.333 e. The van der Waals surface area contributed by atoms with Gasteiger partial charge < -0.3 is 9.88 Å². The molecule has 1 saturated heterocycles. The fourth-order valence-corrected chi connectivity index (χ4v) is 3.81. The zero-order valence-corrected chi connectivity index (χ0v) is 17.1. The van der Waals surface area contributed by atoms with Crippen molar-refractivity contribution in [2.45, 2.75) is 20.8 Å². The molecular weight excluding hydrogens is 386 g/mol. The van der Waals surface area contributed by atoms with E-state index in [4.69, 9.17) is 11.6 Å². The van der Waals surface area contributed by atoms with Crippen LogP contribution in [0, 0.1) is 20.8 Å². The summed E-state index contributed by atoms with van der Waals surface area (Å²) in [6.45, 7) is 5.96. The van der Waals surface area contributed by atoms with E-state index in [0.717, 1.165) is 33.1 Å². The van der Waals surface area contributed by atoms with Gasteiger partial charge in [-0.25, -0.2) is 9.69 Å². The van der Waals surface area contributed by atoms with Crippen molar-refractivity contribution in [3.05, 3.63) is 87.8 Å². The van der Waals surface area contributed by atoms with Gasteiger partial charge in [0.1, 0.15) is 5.70 Å². The predicted octanol–water partition coefficient (Wildman–Crippen LogP) is 5.15. The lowest BCUT2D eigenvalue weighted by Crippen LogP contribution is -2.30. The summed E-state index contributed by atoms with van der Waals surface area (Å²) < 4.78 is 2.10. The van der Waals surface area contributed by atoms with Gasteiger partial charge in [-0.2, -0.15) is 0 Å². The van der Waals surface area contributed by atoms with Gasteiger partial charge in [0.05, 0.1) is 5.69 Å². The first-order valence-electron chi connectivity index (χ1n) is 9.25. The van der Waals surface area contributed by atoms with Crippen LogP contribution in [0.4, 0.5) is 10.5 Å². The highest BCUT2D eigenvalue weighted by Crippen LogP contribution is 2.29. The Morgan fingerprint density at radius 2 is 1.69 bits per heavy atom. The first kappa shape index (κ1) is 19.0. The molecule has 2 heterocycles. The molecule has 3 aromatic rings. The number of aryl methyl sites for hydroxylation is 1. The number of imide groups is 1. The maximum atomic E-state index is 12.8. The number of anilines is 1. The summed E-state index contributed by atoms with van der Waals surface area (Å²) in [6.07, 6.45) is 1.72. The number of carbonyl (C=O) groups is 2. The van der Waals surface area contributed by atoms with Gasteiger partial charge in [0.25, 0.3) is 5.91 Å². The zero-order valence-electron chi connectivity index (χ0n) is 16.4. The quantitative estimate of drug-likeness (QED) is 0.483. The number of halogens is 1. The molecule has 3 amide bonds. The van der Waals surface area contributed by atoms with Crippen molar-refractivity contribution in [3.63, 3.8) is 0 Å². The maximum absolute atomic E-state index is 12.8. The Morgan fingerprint density at radius 3 is 2.41 bits per heavy atom. The minimum absolute atomic E-state index is 0.252. The van der Waals surface area contributed by atoms with Gasteiger partial charge in [-0.05, 0) is 68.3 Å². The van der Waals surface area contributed by atoms with Crippen LogP contribution in [0.1, 0.15) is 22.5 Å². The van der Waals surface area contributed by atoms with Crippen molar-refractivity contribution >= 4 is 35.3 Å². The summed E-state index contributed by atoms with van der Waals surface area (Å²) in [5.41, 5.74) is 5.60. The van der Waals surface area contributed by atoms with Crippen molar-refractivity contribution in [1.29, 1.82) is 0 Å². The summed E-state index contributed by atoms with van der Waals surface area (Å²) in [6, 6.07) is 16.2.